The van der Waals surface area contributed by atoms with E-state index in [1.165, 1.54) is 0 Å². The van der Waals surface area contributed by atoms with Gasteiger partial charge in [0.15, 0.2) is 10.4 Å². The van der Waals surface area contributed by atoms with Crippen molar-refractivity contribution in [2.75, 3.05) is 36.4 Å². The molecule has 0 radical (unpaired) electrons. The lowest BCUT2D eigenvalue weighted by atomic mass is 10.2. The number of amides is 2. The molecule has 1 N–H and O–H groups in total. The molecule has 0 bridgehead atoms. The van der Waals surface area contributed by atoms with Gasteiger partial charge in [0.1, 0.15) is 0 Å². The maximum Gasteiger partial charge on any atom is 0.291 e. The Labute approximate surface area is 199 Å². The van der Waals surface area contributed by atoms with Gasteiger partial charge in [0.2, 0.25) is 5.91 Å². The van der Waals surface area contributed by atoms with Crippen LogP contribution in [0.1, 0.15) is 16.1 Å². The van der Waals surface area contributed by atoms with Crippen molar-refractivity contribution in [1.29, 1.82) is 0 Å². The van der Waals surface area contributed by atoms with Crippen LogP contribution in [0.3, 0.4) is 0 Å². The Hall–Kier alpha value is -3.03. The molecule has 0 atom stereocenters. The zero-order valence-electron chi connectivity index (χ0n) is 17.1. The summed E-state index contributed by atoms with van der Waals surface area (Å²) in [4.78, 5) is 28.7. The second-order valence-electron chi connectivity index (χ2n) is 7.28. The van der Waals surface area contributed by atoms with E-state index in [1.54, 1.807) is 30.3 Å². The normalized spacial score (nSPS) is 14.1. The number of benzene rings is 2. The van der Waals surface area contributed by atoms with Crippen LogP contribution in [0.15, 0.2) is 75.8 Å². The summed E-state index contributed by atoms with van der Waals surface area (Å²) in [6.07, 6.45) is 3.45. The lowest BCUT2D eigenvalue weighted by molar-refractivity contribution is -0.126. The number of carbonyl (C=O) groups is 2. The number of nitrogens with zero attached hydrogens (tertiary/aromatic N) is 2. The highest BCUT2D eigenvalue weighted by Gasteiger charge is 2.21. The first-order valence-corrected chi connectivity index (χ1v) is 11.3. The lowest BCUT2D eigenvalue weighted by Crippen LogP contribution is -2.48. The number of furan rings is 1. The summed E-state index contributed by atoms with van der Waals surface area (Å²) < 4.78 is 5.75. The number of hydrogen-bond donors (Lipinski definition) is 1. The highest BCUT2D eigenvalue weighted by molar-refractivity contribution is 9.10. The molecule has 0 aliphatic carbocycles. The molecule has 1 saturated heterocycles. The molecule has 6 nitrogen and oxygen atoms in total. The number of nitrogens with one attached hydrogen (secondary N) is 1. The van der Waals surface area contributed by atoms with Gasteiger partial charge in [0.05, 0.1) is 10.7 Å². The molecule has 0 saturated carbocycles. The van der Waals surface area contributed by atoms with E-state index in [0.29, 0.717) is 41.6 Å². The number of hydrogen-bond acceptors (Lipinski definition) is 4. The van der Waals surface area contributed by atoms with Gasteiger partial charge in [0, 0.05) is 37.9 Å². The summed E-state index contributed by atoms with van der Waals surface area (Å²) in [7, 11) is 0. The fourth-order valence-corrected chi connectivity index (χ4v) is 4.08. The van der Waals surface area contributed by atoms with Gasteiger partial charge in [-0.2, -0.15) is 0 Å². The SMILES string of the molecule is O=C(Nc1ccc(N2CCN(C(=O)/C=C/c3ccccc3)CC2)c(Cl)c1)c1ccc(Br)o1. The third-order valence-corrected chi connectivity index (χ3v) is 5.88. The summed E-state index contributed by atoms with van der Waals surface area (Å²) in [5.74, 6) is -0.142. The summed E-state index contributed by atoms with van der Waals surface area (Å²) in [5, 5.41) is 3.31. The minimum atomic E-state index is -0.352. The monoisotopic (exact) mass is 513 g/mol. The number of anilines is 2. The summed E-state index contributed by atoms with van der Waals surface area (Å²) in [5.41, 5.74) is 2.45. The number of halogens is 2. The average Bonchev–Trinajstić information content (AvgIpc) is 3.25. The van der Waals surface area contributed by atoms with Gasteiger partial charge in [-0.05, 0) is 57.9 Å². The Kier molecular flexibility index (Phi) is 6.97. The standard InChI is InChI=1S/C24H21BrClN3O3/c25-22-10-9-21(32-22)24(31)27-18-7-8-20(19(26)16-18)28-12-14-29(15-13-28)23(30)11-6-17-4-2-1-3-5-17/h1-11,16H,12-15H2,(H,27,31)/b11-6+. The Morgan fingerprint density at radius 3 is 2.41 bits per heavy atom. The summed E-state index contributed by atoms with van der Waals surface area (Å²) in [6, 6.07) is 18.4. The zero-order chi connectivity index (χ0) is 22.5. The maximum absolute atomic E-state index is 12.5. The minimum absolute atomic E-state index is 0.00206. The molecular formula is C24H21BrClN3O3. The van der Waals surface area contributed by atoms with Crippen LogP contribution in [0.5, 0.6) is 0 Å². The molecule has 0 unspecified atom stereocenters. The molecule has 1 aliphatic heterocycles. The topological polar surface area (TPSA) is 65.8 Å². The molecule has 32 heavy (non-hydrogen) atoms. The molecule has 1 fully saturated rings. The predicted molar refractivity (Wildman–Crippen MR) is 130 cm³/mol. The van der Waals surface area contributed by atoms with Crippen LogP contribution in [0.25, 0.3) is 6.08 Å². The molecule has 2 heterocycles. The predicted octanol–water partition coefficient (Wildman–Crippen LogP) is 5.31. The molecule has 2 amide bonds. The molecule has 164 valence electrons. The molecule has 1 aromatic heterocycles. The Morgan fingerprint density at radius 2 is 1.75 bits per heavy atom. The third kappa shape index (κ3) is 5.41. The van der Waals surface area contributed by atoms with Gasteiger partial charge >= 0.3 is 0 Å². The van der Waals surface area contributed by atoms with Crippen LogP contribution in [0.2, 0.25) is 5.02 Å². The molecule has 0 spiro atoms. The van der Waals surface area contributed by atoms with Crippen LogP contribution >= 0.6 is 27.5 Å². The van der Waals surface area contributed by atoms with Crippen LogP contribution < -0.4 is 10.2 Å². The van der Waals surface area contributed by atoms with Gasteiger partial charge in [-0.15, -0.1) is 0 Å². The number of piperazine rings is 1. The van der Waals surface area contributed by atoms with Crippen LogP contribution in [-0.4, -0.2) is 42.9 Å². The largest absolute Gasteiger partial charge is 0.444 e. The molecule has 2 aromatic carbocycles. The number of rotatable bonds is 5. The van der Waals surface area contributed by atoms with E-state index in [9.17, 15) is 9.59 Å². The quantitative estimate of drug-likeness (QED) is 0.469. The van der Waals surface area contributed by atoms with E-state index in [4.69, 9.17) is 16.0 Å². The van der Waals surface area contributed by atoms with Gasteiger partial charge in [0.25, 0.3) is 5.91 Å². The maximum atomic E-state index is 12.5. The highest BCUT2D eigenvalue weighted by atomic mass is 79.9. The van der Waals surface area contributed by atoms with Crippen molar-refractivity contribution in [3.63, 3.8) is 0 Å². The van der Waals surface area contributed by atoms with Crippen molar-refractivity contribution in [3.05, 3.63) is 87.8 Å². The van der Waals surface area contributed by atoms with Crippen LogP contribution in [0.4, 0.5) is 11.4 Å². The van der Waals surface area contributed by atoms with Crippen molar-refractivity contribution in [2.45, 2.75) is 0 Å². The first kappa shape index (κ1) is 22.2. The summed E-state index contributed by atoms with van der Waals surface area (Å²) in [6.45, 7) is 2.58. The first-order chi connectivity index (χ1) is 15.5. The van der Waals surface area contributed by atoms with Crippen molar-refractivity contribution in [3.8, 4) is 0 Å². The number of carbonyl (C=O) groups excluding carboxylic acids is 2. The van der Waals surface area contributed by atoms with Gasteiger partial charge in [-0.1, -0.05) is 41.9 Å². The molecule has 8 heteroatoms. The van der Waals surface area contributed by atoms with E-state index < -0.39 is 0 Å². The van der Waals surface area contributed by atoms with E-state index in [2.05, 4.69) is 26.1 Å². The second-order valence-corrected chi connectivity index (χ2v) is 8.47. The second kappa shape index (κ2) is 10.1. The fraction of sp³-hybridized carbons (Fsp3) is 0.167. The van der Waals surface area contributed by atoms with E-state index in [1.807, 2.05) is 47.4 Å². The van der Waals surface area contributed by atoms with E-state index >= 15 is 0 Å². The van der Waals surface area contributed by atoms with Gasteiger partial charge in [-0.3, -0.25) is 9.59 Å². The van der Waals surface area contributed by atoms with Crippen molar-refractivity contribution >= 4 is 56.8 Å². The van der Waals surface area contributed by atoms with Gasteiger partial charge < -0.3 is 19.5 Å². The molecule has 3 aromatic rings. The summed E-state index contributed by atoms with van der Waals surface area (Å²) >= 11 is 9.68. The fourth-order valence-electron chi connectivity index (χ4n) is 3.47. The smallest absolute Gasteiger partial charge is 0.291 e. The first-order valence-electron chi connectivity index (χ1n) is 10.1. The van der Waals surface area contributed by atoms with Crippen molar-refractivity contribution in [1.82, 2.24) is 4.90 Å². The minimum Gasteiger partial charge on any atom is -0.444 e. The van der Waals surface area contributed by atoms with E-state index in [0.717, 1.165) is 11.3 Å². The van der Waals surface area contributed by atoms with Crippen LogP contribution in [0, 0.1) is 0 Å². The van der Waals surface area contributed by atoms with Crippen molar-refractivity contribution in [2.24, 2.45) is 0 Å². The molecular weight excluding hydrogens is 494 g/mol. The lowest BCUT2D eigenvalue weighted by Gasteiger charge is -2.36. The van der Waals surface area contributed by atoms with E-state index in [-0.39, 0.29) is 17.6 Å². The average molecular weight is 515 g/mol. The van der Waals surface area contributed by atoms with Crippen LogP contribution in [-0.2, 0) is 4.79 Å². The Morgan fingerprint density at radius 1 is 1.00 bits per heavy atom. The third-order valence-electron chi connectivity index (χ3n) is 5.15. The van der Waals surface area contributed by atoms with Gasteiger partial charge in [-0.25, -0.2) is 0 Å². The molecule has 1 aliphatic rings. The Balaban J connectivity index is 1.33. The zero-order valence-corrected chi connectivity index (χ0v) is 19.5. The highest BCUT2D eigenvalue weighted by Crippen LogP contribution is 2.30. The Bertz CT molecular complexity index is 1140. The van der Waals surface area contributed by atoms with Crippen molar-refractivity contribution < 1.29 is 14.0 Å². The molecule has 4 rings (SSSR count).